The standard InChI is InChI=1S/C18H18ClN3OS/c1-23-12-5-13-24-18-21-20-17(14-8-10-15(19)11-9-14)22(18)16-6-3-2-4-7-16/h2-4,6-11H,5,12-13H2,1H3. The maximum atomic E-state index is 6.00. The molecule has 0 aliphatic rings. The van der Waals surface area contributed by atoms with E-state index in [-0.39, 0.29) is 0 Å². The minimum atomic E-state index is 0.707. The maximum absolute atomic E-state index is 6.00. The highest BCUT2D eigenvalue weighted by Crippen LogP contribution is 2.28. The highest BCUT2D eigenvalue weighted by molar-refractivity contribution is 7.99. The molecule has 124 valence electrons. The van der Waals surface area contributed by atoms with Gasteiger partial charge in [0.1, 0.15) is 0 Å². The molecule has 0 spiro atoms. The van der Waals surface area contributed by atoms with Crippen molar-refractivity contribution in [3.8, 4) is 17.1 Å². The van der Waals surface area contributed by atoms with Crippen LogP contribution in [0.25, 0.3) is 17.1 Å². The van der Waals surface area contributed by atoms with Gasteiger partial charge in [-0.2, -0.15) is 0 Å². The molecule has 1 heterocycles. The van der Waals surface area contributed by atoms with E-state index in [1.807, 2.05) is 42.5 Å². The zero-order valence-corrected chi connectivity index (χ0v) is 14.9. The minimum absolute atomic E-state index is 0.707. The number of benzene rings is 2. The number of para-hydroxylation sites is 1. The topological polar surface area (TPSA) is 39.9 Å². The van der Waals surface area contributed by atoms with E-state index < -0.39 is 0 Å². The van der Waals surface area contributed by atoms with Gasteiger partial charge < -0.3 is 4.74 Å². The number of nitrogens with zero attached hydrogens (tertiary/aromatic N) is 3. The Morgan fingerprint density at radius 1 is 1.04 bits per heavy atom. The summed E-state index contributed by atoms with van der Waals surface area (Å²) in [5.41, 5.74) is 2.03. The molecule has 24 heavy (non-hydrogen) atoms. The van der Waals surface area contributed by atoms with Crippen molar-refractivity contribution in [1.29, 1.82) is 0 Å². The van der Waals surface area contributed by atoms with E-state index in [1.165, 1.54) is 0 Å². The number of halogens is 1. The molecular weight excluding hydrogens is 342 g/mol. The summed E-state index contributed by atoms with van der Waals surface area (Å²) in [6, 6.07) is 17.8. The van der Waals surface area contributed by atoms with Crippen LogP contribution in [-0.2, 0) is 4.74 Å². The third-order valence-corrected chi connectivity index (χ3v) is 4.74. The lowest BCUT2D eigenvalue weighted by atomic mass is 10.2. The monoisotopic (exact) mass is 359 g/mol. The van der Waals surface area contributed by atoms with Gasteiger partial charge >= 0.3 is 0 Å². The van der Waals surface area contributed by atoms with Gasteiger partial charge in [0.05, 0.1) is 0 Å². The molecule has 0 aliphatic carbocycles. The average Bonchev–Trinajstić information content (AvgIpc) is 3.04. The van der Waals surface area contributed by atoms with E-state index in [2.05, 4.69) is 26.9 Å². The summed E-state index contributed by atoms with van der Waals surface area (Å²) < 4.78 is 7.20. The Morgan fingerprint density at radius 3 is 2.50 bits per heavy atom. The fourth-order valence-corrected chi connectivity index (χ4v) is 3.32. The summed E-state index contributed by atoms with van der Waals surface area (Å²) in [5.74, 6) is 1.74. The summed E-state index contributed by atoms with van der Waals surface area (Å²) in [5, 5.41) is 10.4. The molecule has 0 fully saturated rings. The van der Waals surface area contributed by atoms with Crippen LogP contribution in [0, 0.1) is 0 Å². The van der Waals surface area contributed by atoms with Crippen LogP contribution in [0.15, 0.2) is 59.8 Å². The first-order chi connectivity index (χ1) is 11.8. The number of hydrogen-bond acceptors (Lipinski definition) is 4. The van der Waals surface area contributed by atoms with Crippen molar-refractivity contribution in [3.63, 3.8) is 0 Å². The van der Waals surface area contributed by atoms with Crippen LogP contribution >= 0.6 is 23.4 Å². The third-order valence-electron chi connectivity index (χ3n) is 3.47. The lowest BCUT2D eigenvalue weighted by molar-refractivity contribution is 0.200. The van der Waals surface area contributed by atoms with Crippen LogP contribution in [0.5, 0.6) is 0 Å². The number of ether oxygens (including phenoxy) is 1. The van der Waals surface area contributed by atoms with Gasteiger partial charge in [0, 0.05) is 35.7 Å². The van der Waals surface area contributed by atoms with Crippen LogP contribution in [-0.4, -0.2) is 34.2 Å². The number of thioether (sulfide) groups is 1. The summed E-state index contributed by atoms with van der Waals surface area (Å²) in [6.07, 6.45) is 0.971. The second-order valence-corrected chi connectivity index (χ2v) is 6.68. The zero-order chi connectivity index (χ0) is 16.8. The lowest BCUT2D eigenvalue weighted by Gasteiger charge is -2.10. The van der Waals surface area contributed by atoms with E-state index in [9.17, 15) is 0 Å². The van der Waals surface area contributed by atoms with Crippen molar-refractivity contribution in [2.24, 2.45) is 0 Å². The summed E-state index contributed by atoms with van der Waals surface area (Å²) >= 11 is 7.68. The SMILES string of the molecule is COCCCSc1nnc(-c2ccc(Cl)cc2)n1-c1ccccc1. The molecular formula is C18H18ClN3OS. The first-order valence-corrected chi connectivity index (χ1v) is 9.04. The smallest absolute Gasteiger partial charge is 0.196 e. The Labute approximate surface area is 150 Å². The van der Waals surface area contributed by atoms with Crippen molar-refractivity contribution >= 4 is 23.4 Å². The fraction of sp³-hybridized carbons (Fsp3) is 0.222. The maximum Gasteiger partial charge on any atom is 0.196 e. The Balaban J connectivity index is 1.96. The molecule has 6 heteroatoms. The number of rotatable bonds is 7. The summed E-state index contributed by atoms with van der Waals surface area (Å²) in [6.45, 7) is 0.747. The molecule has 0 unspecified atom stereocenters. The van der Waals surface area contributed by atoms with Gasteiger partial charge in [-0.15, -0.1) is 10.2 Å². The summed E-state index contributed by atoms with van der Waals surface area (Å²) in [4.78, 5) is 0. The van der Waals surface area contributed by atoms with Gasteiger partial charge in [-0.05, 0) is 42.8 Å². The molecule has 0 saturated carbocycles. The largest absolute Gasteiger partial charge is 0.385 e. The highest BCUT2D eigenvalue weighted by Gasteiger charge is 2.15. The number of hydrogen-bond donors (Lipinski definition) is 0. The van der Waals surface area contributed by atoms with Gasteiger partial charge in [-0.1, -0.05) is 41.6 Å². The molecule has 1 aromatic heterocycles. The predicted octanol–water partition coefficient (Wildman–Crippen LogP) is 4.72. The first-order valence-electron chi connectivity index (χ1n) is 7.68. The van der Waals surface area contributed by atoms with Crippen molar-refractivity contribution < 1.29 is 4.74 Å². The fourth-order valence-electron chi connectivity index (χ4n) is 2.33. The Hall–Kier alpha value is -1.82. The normalized spacial score (nSPS) is 10.9. The molecule has 0 bridgehead atoms. The number of methoxy groups -OCH3 is 1. The highest BCUT2D eigenvalue weighted by atomic mass is 35.5. The van der Waals surface area contributed by atoms with Crippen LogP contribution in [0.3, 0.4) is 0 Å². The molecule has 0 aliphatic heterocycles. The second-order valence-electron chi connectivity index (χ2n) is 5.18. The molecule has 0 amide bonds. The second kappa shape index (κ2) is 8.33. The minimum Gasteiger partial charge on any atom is -0.385 e. The Morgan fingerprint density at radius 2 is 1.79 bits per heavy atom. The van der Waals surface area contributed by atoms with Crippen LogP contribution in [0.4, 0.5) is 0 Å². The van der Waals surface area contributed by atoms with Crippen LogP contribution in [0.2, 0.25) is 5.02 Å². The van der Waals surface area contributed by atoms with Gasteiger partial charge in [0.2, 0.25) is 0 Å². The van der Waals surface area contributed by atoms with E-state index in [1.54, 1.807) is 18.9 Å². The van der Waals surface area contributed by atoms with Gasteiger partial charge in [-0.3, -0.25) is 4.57 Å². The molecule has 2 aromatic carbocycles. The van der Waals surface area contributed by atoms with Crippen LogP contribution < -0.4 is 0 Å². The van der Waals surface area contributed by atoms with E-state index in [4.69, 9.17) is 16.3 Å². The van der Waals surface area contributed by atoms with Crippen molar-refractivity contribution in [1.82, 2.24) is 14.8 Å². The summed E-state index contributed by atoms with van der Waals surface area (Å²) in [7, 11) is 1.72. The lowest BCUT2D eigenvalue weighted by Crippen LogP contribution is -2.00. The van der Waals surface area contributed by atoms with Gasteiger partial charge in [0.25, 0.3) is 0 Å². The predicted molar refractivity (Wildman–Crippen MR) is 99.0 cm³/mol. The molecule has 3 rings (SSSR count). The Kier molecular flexibility index (Phi) is 5.91. The molecule has 4 nitrogen and oxygen atoms in total. The van der Waals surface area contributed by atoms with Crippen molar-refractivity contribution in [2.45, 2.75) is 11.6 Å². The molecule has 3 aromatic rings. The Bertz CT molecular complexity index is 775. The van der Waals surface area contributed by atoms with Gasteiger partial charge in [-0.25, -0.2) is 0 Å². The first kappa shape index (κ1) is 17.0. The van der Waals surface area contributed by atoms with Crippen LogP contribution in [0.1, 0.15) is 6.42 Å². The van der Waals surface area contributed by atoms with E-state index >= 15 is 0 Å². The molecule has 0 saturated heterocycles. The average molecular weight is 360 g/mol. The van der Waals surface area contributed by atoms with Crippen molar-refractivity contribution in [3.05, 3.63) is 59.6 Å². The third kappa shape index (κ3) is 3.98. The molecule has 0 N–H and O–H groups in total. The van der Waals surface area contributed by atoms with E-state index in [0.717, 1.165) is 41.0 Å². The molecule has 0 atom stereocenters. The van der Waals surface area contributed by atoms with E-state index in [0.29, 0.717) is 5.02 Å². The van der Waals surface area contributed by atoms with Crippen molar-refractivity contribution in [2.75, 3.05) is 19.5 Å². The zero-order valence-electron chi connectivity index (χ0n) is 13.4. The van der Waals surface area contributed by atoms with Gasteiger partial charge in [0.15, 0.2) is 11.0 Å². The number of aromatic nitrogens is 3. The quantitative estimate of drug-likeness (QED) is 0.452. The molecule has 0 radical (unpaired) electrons.